The average Bonchev–Trinajstić information content (AvgIpc) is 2.28. The van der Waals surface area contributed by atoms with Gasteiger partial charge in [-0.05, 0) is 37.4 Å². The van der Waals surface area contributed by atoms with Crippen LogP contribution >= 0.6 is 0 Å². The topological polar surface area (TPSA) is 29.3 Å². The van der Waals surface area contributed by atoms with E-state index in [1.807, 2.05) is 0 Å². The highest BCUT2D eigenvalue weighted by molar-refractivity contribution is 5.25. The molecule has 94 valence electrons. The highest BCUT2D eigenvalue weighted by atomic mass is 15.2. The first-order valence-electron chi connectivity index (χ1n) is 6.77. The van der Waals surface area contributed by atoms with Crippen LogP contribution in [0.1, 0.15) is 43.4 Å². The maximum atomic E-state index is 5.95. The molecular formula is C15H24N2. The van der Waals surface area contributed by atoms with Crippen LogP contribution < -0.4 is 5.73 Å². The predicted octanol–water partition coefficient (Wildman–Crippen LogP) is 2.73. The van der Waals surface area contributed by atoms with Crippen LogP contribution in [-0.4, -0.2) is 24.5 Å². The first kappa shape index (κ1) is 12.6. The Morgan fingerprint density at radius 3 is 2.35 bits per heavy atom. The number of hydrogen-bond donors (Lipinski definition) is 1. The summed E-state index contributed by atoms with van der Waals surface area (Å²) in [6.07, 6.45) is 5.15. The summed E-state index contributed by atoms with van der Waals surface area (Å²) >= 11 is 0. The zero-order chi connectivity index (χ0) is 12.3. The van der Waals surface area contributed by atoms with Crippen molar-refractivity contribution >= 4 is 0 Å². The van der Waals surface area contributed by atoms with E-state index >= 15 is 0 Å². The van der Waals surface area contributed by atoms with Crippen LogP contribution in [0, 0.1) is 0 Å². The molecule has 1 fully saturated rings. The molecule has 0 spiro atoms. The van der Waals surface area contributed by atoms with E-state index in [0.29, 0.717) is 12.6 Å². The van der Waals surface area contributed by atoms with Crippen molar-refractivity contribution in [2.24, 2.45) is 5.73 Å². The van der Waals surface area contributed by atoms with Gasteiger partial charge in [0.2, 0.25) is 0 Å². The molecule has 1 saturated carbocycles. The van der Waals surface area contributed by atoms with E-state index in [2.05, 4.69) is 43.1 Å². The van der Waals surface area contributed by atoms with Gasteiger partial charge < -0.3 is 5.73 Å². The molecular weight excluding hydrogens is 208 g/mol. The smallest absolute Gasteiger partial charge is 0.0470 e. The monoisotopic (exact) mass is 232 g/mol. The zero-order valence-corrected chi connectivity index (χ0v) is 11.0. The third-order valence-corrected chi connectivity index (χ3v) is 4.14. The number of benzene rings is 1. The van der Waals surface area contributed by atoms with Gasteiger partial charge in [-0.1, -0.05) is 37.6 Å². The van der Waals surface area contributed by atoms with Crippen molar-refractivity contribution < 1.29 is 0 Å². The SMILES string of the molecule is CCc1ccc(C(CN)N(C)C2CCC2)cc1. The Labute approximate surface area is 105 Å². The molecule has 1 aliphatic carbocycles. The van der Waals surface area contributed by atoms with E-state index in [9.17, 15) is 0 Å². The molecule has 1 atom stereocenters. The Morgan fingerprint density at radius 1 is 1.29 bits per heavy atom. The van der Waals surface area contributed by atoms with Crippen LogP contribution in [-0.2, 0) is 6.42 Å². The lowest BCUT2D eigenvalue weighted by molar-refractivity contribution is 0.113. The summed E-state index contributed by atoms with van der Waals surface area (Å²) in [6.45, 7) is 2.90. The van der Waals surface area contributed by atoms with E-state index < -0.39 is 0 Å². The first-order chi connectivity index (χ1) is 8.26. The summed E-state index contributed by atoms with van der Waals surface area (Å²) in [6, 6.07) is 10.1. The predicted molar refractivity (Wildman–Crippen MR) is 73.0 cm³/mol. The molecule has 2 nitrogen and oxygen atoms in total. The highest BCUT2D eigenvalue weighted by Gasteiger charge is 2.27. The van der Waals surface area contributed by atoms with Crippen molar-refractivity contribution in [3.8, 4) is 0 Å². The molecule has 0 amide bonds. The van der Waals surface area contributed by atoms with Crippen molar-refractivity contribution in [2.45, 2.75) is 44.7 Å². The minimum atomic E-state index is 0.381. The van der Waals surface area contributed by atoms with Crippen LogP contribution in [0.5, 0.6) is 0 Å². The largest absolute Gasteiger partial charge is 0.329 e. The number of rotatable bonds is 5. The lowest BCUT2D eigenvalue weighted by atomic mass is 9.89. The van der Waals surface area contributed by atoms with Crippen molar-refractivity contribution in [3.63, 3.8) is 0 Å². The van der Waals surface area contributed by atoms with Crippen molar-refractivity contribution in [1.82, 2.24) is 4.90 Å². The van der Waals surface area contributed by atoms with E-state index in [-0.39, 0.29) is 0 Å². The van der Waals surface area contributed by atoms with Crippen molar-refractivity contribution in [2.75, 3.05) is 13.6 Å². The van der Waals surface area contributed by atoms with Crippen molar-refractivity contribution in [3.05, 3.63) is 35.4 Å². The number of hydrogen-bond acceptors (Lipinski definition) is 2. The van der Waals surface area contributed by atoms with Crippen LogP contribution in [0.3, 0.4) is 0 Å². The molecule has 0 heterocycles. The highest BCUT2D eigenvalue weighted by Crippen LogP contribution is 2.30. The fraction of sp³-hybridized carbons (Fsp3) is 0.600. The normalized spacial score (nSPS) is 18.1. The third kappa shape index (κ3) is 2.70. The molecule has 0 saturated heterocycles. The molecule has 2 rings (SSSR count). The molecule has 1 aromatic carbocycles. The minimum absolute atomic E-state index is 0.381. The third-order valence-electron chi connectivity index (χ3n) is 4.14. The minimum Gasteiger partial charge on any atom is -0.329 e. The van der Waals surface area contributed by atoms with Crippen molar-refractivity contribution in [1.29, 1.82) is 0 Å². The van der Waals surface area contributed by atoms with Gasteiger partial charge in [-0.25, -0.2) is 0 Å². The Morgan fingerprint density at radius 2 is 1.94 bits per heavy atom. The summed E-state index contributed by atoms with van der Waals surface area (Å²) in [5.41, 5.74) is 8.71. The second-order valence-corrected chi connectivity index (χ2v) is 5.10. The Hall–Kier alpha value is -0.860. The van der Waals surface area contributed by atoms with E-state index in [0.717, 1.165) is 12.5 Å². The molecule has 17 heavy (non-hydrogen) atoms. The van der Waals surface area contributed by atoms with Gasteiger partial charge in [0.05, 0.1) is 0 Å². The average molecular weight is 232 g/mol. The summed E-state index contributed by atoms with van der Waals surface area (Å²) in [7, 11) is 2.22. The summed E-state index contributed by atoms with van der Waals surface area (Å²) in [5, 5.41) is 0. The van der Waals surface area contributed by atoms with Gasteiger partial charge in [-0.15, -0.1) is 0 Å². The molecule has 0 aromatic heterocycles. The summed E-state index contributed by atoms with van der Waals surface area (Å²) in [5.74, 6) is 0. The Kier molecular flexibility index (Phi) is 4.19. The maximum Gasteiger partial charge on any atom is 0.0470 e. The molecule has 0 bridgehead atoms. The number of likely N-dealkylation sites (N-methyl/N-ethyl adjacent to an activating group) is 1. The maximum absolute atomic E-state index is 5.95. The lowest BCUT2D eigenvalue weighted by Crippen LogP contribution is -2.42. The molecule has 0 aliphatic heterocycles. The van der Waals surface area contributed by atoms with E-state index in [1.54, 1.807) is 0 Å². The molecule has 2 heteroatoms. The van der Waals surface area contributed by atoms with Gasteiger partial charge in [0, 0.05) is 18.6 Å². The second kappa shape index (κ2) is 5.65. The number of aryl methyl sites for hydroxylation is 1. The standard InChI is InChI=1S/C15H24N2/c1-3-12-7-9-13(10-8-12)15(11-16)17(2)14-5-4-6-14/h7-10,14-15H,3-6,11,16H2,1-2H3. The van der Waals surface area contributed by atoms with Gasteiger partial charge in [0.15, 0.2) is 0 Å². The summed E-state index contributed by atoms with van der Waals surface area (Å²) in [4.78, 5) is 2.46. The van der Waals surface area contributed by atoms with Crippen LogP contribution in [0.4, 0.5) is 0 Å². The van der Waals surface area contributed by atoms with Crippen LogP contribution in [0.25, 0.3) is 0 Å². The molecule has 1 aliphatic rings. The molecule has 2 N–H and O–H groups in total. The quantitative estimate of drug-likeness (QED) is 0.846. The molecule has 1 aromatic rings. The fourth-order valence-corrected chi connectivity index (χ4v) is 2.56. The van der Waals surface area contributed by atoms with E-state index in [1.165, 1.54) is 30.4 Å². The lowest BCUT2D eigenvalue weighted by Gasteiger charge is -2.39. The number of nitrogens with two attached hydrogens (primary N) is 1. The van der Waals surface area contributed by atoms with Crippen LogP contribution in [0.15, 0.2) is 24.3 Å². The number of nitrogens with zero attached hydrogens (tertiary/aromatic N) is 1. The van der Waals surface area contributed by atoms with Gasteiger partial charge in [0.25, 0.3) is 0 Å². The van der Waals surface area contributed by atoms with Gasteiger partial charge in [-0.2, -0.15) is 0 Å². The van der Waals surface area contributed by atoms with Gasteiger partial charge in [0.1, 0.15) is 0 Å². The van der Waals surface area contributed by atoms with Crippen LogP contribution in [0.2, 0.25) is 0 Å². The first-order valence-corrected chi connectivity index (χ1v) is 6.77. The fourth-order valence-electron chi connectivity index (χ4n) is 2.56. The van der Waals surface area contributed by atoms with Gasteiger partial charge in [-0.3, -0.25) is 4.90 Å². The molecule has 0 radical (unpaired) electrons. The molecule has 1 unspecified atom stereocenters. The Bertz CT molecular complexity index is 340. The zero-order valence-electron chi connectivity index (χ0n) is 11.0. The summed E-state index contributed by atoms with van der Waals surface area (Å²) < 4.78 is 0. The van der Waals surface area contributed by atoms with E-state index in [4.69, 9.17) is 5.73 Å². The second-order valence-electron chi connectivity index (χ2n) is 5.10. The van der Waals surface area contributed by atoms with Gasteiger partial charge >= 0.3 is 0 Å². The Balaban J connectivity index is 2.10.